The SMILES string of the molecule is CCCCCC[CH]CCCc1ccc(N)cc1. The molecule has 95 valence electrons. The monoisotopic (exact) mass is 232 g/mol. The number of nitrogens with two attached hydrogens (primary N) is 1. The highest BCUT2D eigenvalue weighted by molar-refractivity contribution is 5.39. The van der Waals surface area contributed by atoms with Crippen LogP contribution in [-0.2, 0) is 6.42 Å². The first kappa shape index (κ1) is 14.1. The van der Waals surface area contributed by atoms with E-state index in [0.29, 0.717) is 0 Å². The Morgan fingerprint density at radius 3 is 2.35 bits per heavy atom. The van der Waals surface area contributed by atoms with E-state index in [0.717, 1.165) is 5.69 Å². The van der Waals surface area contributed by atoms with E-state index in [4.69, 9.17) is 5.73 Å². The first-order valence-electron chi connectivity index (χ1n) is 6.99. The summed E-state index contributed by atoms with van der Waals surface area (Å²) in [6, 6.07) is 8.25. The summed E-state index contributed by atoms with van der Waals surface area (Å²) in [5.41, 5.74) is 7.91. The summed E-state index contributed by atoms with van der Waals surface area (Å²) in [6.45, 7) is 2.26. The Bertz CT molecular complexity index is 276. The highest BCUT2D eigenvalue weighted by Gasteiger charge is 1.94. The average Bonchev–Trinajstić information content (AvgIpc) is 2.35. The van der Waals surface area contributed by atoms with Gasteiger partial charge in [-0.05, 0) is 43.4 Å². The van der Waals surface area contributed by atoms with E-state index in [1.165, 1.54) is 56.9 Å². The van der Waals surface area contributed by atoms with Crippen LogP contribution in [0.3, 0.4) is 0 Å². The lowest BCUT2D eigenvalue weighted by molar-refractivity contribution is 0.644. The maximum atomic E-state index is 5.65. The quantitative estimate of drug-likeness (QED) is 0.482. The Labute approximate surface area is 106 Å². The third-order valence-electron chi connectivity index (χ3n) is 3.12. The van der Waals surface area contributed by atoms with Crippen LogP contribution in [0.25, 0.3) is 0 Å². The maximum Gasteiger partial charge on any atom is 0.0314 e. The summed E-state index contributed by atoms with van der Waals surface area (Å²) in [5.74, 6) is 0. The standard InChI is InChI=1S/C16H26N/c1-2-3-4-5-6-7-8-9-10-15-11-13-16(17)14-12-15/h7,11-14H,2-6,8-10,17H2,1H3. The van der Waals surface area contributed by atoms with Crippen LogP contribution < -0.4 is 5.73 Å². The summed E-state index contributed by atoms with van der Waals surface area (Å²) in [7, 11) is 0. The molecule has 1 aromatic carbocycles. The minimum atomic E-state index is 0.858. The normalized spacial score (nSPS) is 10.6. The highest BCUT2D eigenvalue weighted by atomic mass is 14.5. The number of nitrogen functional groups attached to an aromatic ring is 1. The molecule has 0 spiro atoms. The molecule has 1 aromatic rings. The van der Waals surface area contributed by atoms with Gasteiger partial charge in [-0.15, -0.1) is 0 Å². The fourth-order valence-corrected chi connectivity index (χ4v) is 1.99. The molecule has 1 nitrogen and oxygen atoms in total. The fraction of sp³-hybridized carbons (Fsp3) is 0.562. The Morgan fingerprint density at radius 2 is 1.65 bits per heavy atom. The van der Waals surface area contributed by atoms with E-state index in [9.17, 15) is 0 Å². The smallest absolute Gasteiger partial charge is 0.0314 e. The molecule has 0 aliphatic carbocycles. The Hall–Kier alpha value is -0.980. The number of rotatable bonds is 9. The number of hydrogen-bond donors (Lipinski definition) is 1. The van der Waals surface area contributed by atoms with Crippen molar-refractivity contribution < 1.29 is 0 Å². The van der Waals surface area contributed by atoms with Crippen molar-refractivity contribution >= 4 is 5.69 Å². The number of unbranched alkanes of at least 4 members (excludes halogenated alkanes) is 7. The van der Waals surface area contributed by atoms with Gasteiger partial charge in [0.15, 0.2) is 0 Å². The molecule has 0 aliphatic heterocycles. The van der Waals surface area contributed by atoms with E-state index < -0.39 is 0 Å². The molecule has 0 unspecified atom stereocenters. The molecule has 1 rings (SSSR count). The van der Waals surface area contributed by atoms with Gasteiger partial charge in [0.25, 0.3) is 0 Å². The third-order valence-corrected chi connectivity index (χ3v) is 3.12. The van der Waals surface area contributed by atoms with Gasteiger partial charge in [0, 0.05) is 5.69 Å². The van der Waals surface area contributed by atoms with Crippen molar-refractivity contribution in [1.82, 2.24) is 0 Å². The van der Waals surface area contributed by atoms with Gasteiger partial charge in [-0.2, -0.15) is 0 Å². The molecule has 2 N–H and O–H groups in total. The molecule has 1 radical (unpaired) electrons. The number of hydrogen-bond acceptors (Lipinski definition) is 1. The van der Waals surface area contributed by atoms with Crippen molar-refractivity contribution in [3.63, 3.8) is 0 Å². The molecule has 0 aliphatic rings. The summed E-state index contributed by atoms with van der Waals surface area (Å²) in [4.78, 5) is 0. The highest BCUT2D eigenvalue weighted by Crippen LogP contribution is 2.11. The molecule has 0 aromatic heterocycles. The van der Waals surface area contributed by atoms with Gasteiger partial charge in [0.05, 0.1) is 0 Å². The van der Waals surface area contributed by atoms with Gasteiger partial charge in [0.1, 0.15) is 0 Å². The zero-order chi connectivity index (χ0) is 12.3. The van der Waals surface area contributed by atoms with Crippen LogP contribution in [0.2, 0.25) is 0 Å². The largest absolute Gasteiger partial charge is 0.399 e. The van der Waals surface area contributed by atoms with Crippen molar-refractivity contribution in [2.24, 2.45) is 0 Å². The average molecular weight is 232 g/mol. The molecule has 0 fully saturated rings. The van der Waals surface area contributed by atoms with Gasteiger partial charge >= 0.3 is 0 Å². The molecule has 17 heavy (non-hydrogen) atoms. The van der Waals surface area contributed by atoms with Gasteiger partial charge in [0.2, 0.25) is 0 Å². The molecule has 0 atom stereocenters. The molecule has 0 saturated heterocycles. The molecule has 0 bridgehead atoms. The van der Waals surface area contributed by atoms with Crippen molar-refractivity contribution in [3.8, 4) is 0 Å². The van der Waals surface area contributed by atoms with Crippen molar-refractivity contribution in [3.05, 3.63) is 36.2 Å². The van der Waals surface area contributed by atoms with Gasteiger partial charge in [-0.3, -0.25) is 0 Å². The topological polar surface area (TPSA) is 26.0 Å². The van der Waals surface area contributed by atoms with Crippen LogP contribution in [0.1, 0.15) is 57.4 Å². The van der Waals surface area contributed by atoms with Crippen LogP contribution in [0.15, 0.2) is 24.3 Å². The first-order chi connectivity index (χ1) is 8.33. The number of aryl methyl sites for hydroxylation is 1. The minimum Gasteiger partial charge on any atom is -0.399 e. The van der Waals surface area contributed by atoms with Crippen LogP contribution in [0.4, 0.5) is 5.69 Å². The van der Waals surface area contributed by atoms with E-state index in [1.807, 2.05) is 12.1 Å². The van der Waals surface area contributed by atoms with Crippen LogP contribution in [0.5, 0.6) is 0 Å². The van der Waals surface area contributed by atoms with Gasteiger partial charge < -0.3 is 5.73 Å². The lowest BCUT2D eigenvalue weighted by Gasteiger charge is -2.02. The minimum absolute atomic E-state index is 0.858. The lowest BCUT2D eigenvalue weighted by Crippen LogP contribution is -1.89. The Morgan fingerprint density at radius 1 is 0.941 bits per heavy atom. The van der Waals surface area contributed by atoms with Gasteiger partial charge in [-0.1, -0.05) is 51.2 Å². The predicted octanol–water partition coefficient (Wildman–Crippen LogP) is 4.77. The van der Waals surface area contributed by atoms with Crippen LogP contribution in [0, 0.1) is 6.42 Å². The Balaban J connectivity index is 1.95. The number of benzene rings is 1. The summed E-state index contributed by atoms with van der Waals surface area (Å²) >= 11 is 0. The molecule has 0 saturated carbocycles. The first-order valence-corrected chi connectivity index (χ1v) is 6.99. The second kappa shape index (κ2) is 9.09. The van der Waals surface area contributed by atoms with E-state index in [-0.39, 0.29) is 0 Å². The third kappa shape index (κ3) is 7.04. The zero-order valence-electron chi connectivity index (χ0n) is 11.1. The summed E-state index contributed by atoms with van der Waals surface area (Å²) in [6.07, 6.45) is 12.9. The van der Waals surface area contributed by atoms with Crippen molar-refractivity contribution in [2.75, 3.05) is 5.73 Å². The van der Waals surface area contributed by atoms with Crippen molar-refractivity contribution in [2.45, 2.75) is 58.3 Å². The maximum absolute atomic E-state index is 5.65. The fourth-order valence-electron chi connectivity index (χ4n) is 1.99. The van der Waals surface area contributed by atoms with E-state index in [1.54, 1.807) is 0 Å². The molecule has 0 heterocycles. The summed E-state index contributed by atoms with van der Waals surface area (Å²) in [5, 5.41) is 0. The van der Waals surface area contributed by atoms with Crippen LogP contribution in [-0.4, -0.2) is 0 Å². The molecule has 1 heteroatoms. The Kier molecular flexibility index (Phi) is 7.53. The zero-order valence-corrected chi connectivity index (χ0v) is 11.1. The van der Waals surface area contributed by atoms with E-state index in [2.05, 4.69) is 25.5 Å². The second-order valence-corrected chi connectivity index (χ2v) is 4.77. The second-order valence-electron chi connectivity index (χ2n) is 4.77. The van der Waals surface area contributed by atoms with Gasteiger partial charge in [-0.25, -0.2) is 0 Å². The molecular weight excluding hydrogens is 206 g/mol. The summed E-state index contributed by atoms with van der Waals surface area (Å²) < 4.78 is 0. The predicted molar refractivity (Wildman–Crippen MR) is 76.9 cm³/mol. The van der Waals surface area contributed by atoms with Crippen molar-refractivity contribution in [1.29, 1.82) is 0 Å². The van der Waals surface area contributed by atoms with Crippen LogP contribution >= 0.6 is 0 Å². The molecular formula is C16H26N. The molecule has 0 amide bonds. The number of anilines is 1. The lowest BCUT2D eigenvalue weighted by atomic mass is 10.0. The van der Waals surface area contributed by atoms with E-state index >= 15 is 0 Å².